The number of aliphatic carboxylic acids is 1. The molecule has 0 radical (unpaired) electrons. The van der Waals surface area contributed by atoms with Crippen LogP contribution in [0.3, 0.4) is 0 Å². The number of alkyl halides is 3. The van der Waals surface area contributed by atoms with Crippen LogP contribution >= 0.6 is 0 Å². The summed E-state index contributed by atoms with van der Waals surface area (Å²) in [5.41, 5.74) is -1.20. The van der Waals surface area contributed by atoms with Gasteiger partial charge in [0.1, 0.15) is 5.75 Å². The molecule has 0 saturated heterocycles. The fraction of sp³-hybridized carbons (Fsp3) is 0.300. The smallest absolute Gasteiger partial charge is 0.419 e. The summed E-state index contributed by atoms with van der Waals surface area (Å²) >= 11 is 0. The second-order valence-corrected chi connectivity index (χ2v) is 3.20. The molecule has 0 saturated carbocycles. The maximum Gasteiger partial charge on any atom is 0.419 e. The first-order valence-electron chi connectivity index (χ1n) is 4.43. The van der Waals surface area contributed by atoms with Crippen molar-refractivity contribution in [3.8, 4) is 5.75 Å². The Morgan fingerprint density at radius 1 is 1.41 bits per heavy atom. The van der Waals surface area contributed by atoms with Gasteiger partial charge in [-0.15, -0.1) is 0 Å². The number of rotatable bonds is 3. The molecule has 0 heterocycles. The zero-order valence-corrected chi connectivity index (χ0v) is 8.65. The van der Waals surface area contributed by atoms with Crippen molar-refractivity contribution < 1.29 is 32.9 Å². The summed E-state index contributed by atoms with van der Waals surface area (Å²) in [6.45, 7) is 0. The van der Waals surface area contributed by atoms with E-state index in [-0.39, 0.29) is 5.56 Å². The van der Waals surface area contributed by atoms with Crippen LogP contribution in [0.1, 0.15) is 17.2 Å². The first-order chi connectivity index (χ1) is 7.77. The average Bonchev–Trinajstić information content (AvgIpc) is 2.25. The van der Waals surface area contributed by atoms with Crippen molar-refractivity contribution in [3.63, 3.8) is 0 Å². The highest BCUT2D eigenvalue weighted by Gasteiger charge is 2.34. The summed E-state index contributed by atoms with van der Waals surface area (Å²) in [5.74, 6) is -2.08. The van der Waals surface area contributed by atoms with E-state index in [1.807, 2.05) is 0 Å². The highest BCUT2D eigenvalue weighted by molar-refractivity contribution is 5.74. The molecule has 1 aromatic rings. The van der Waals surface area contributed by atoms with E-state index in [9.17, 15) is 23.1 Å². The number of carbonyl (C=O) groups is 1. The number of aliphatic hydroxyl groups is 1. The van der Waals surface area contributed by atoms with Gasteiger partial charge in [0.15, 0.2) is 6.10 Å². The van der Waals surface area contributed by atoms with Crippen LogP contribution < -0.4 is 4.74 Å². The van der Waals surface area contributed by atoms with Crippen LogP contribution in [0.4, 0.5) is 13.2 Å². The molecule has 1 unspecified atom stereocenters. The van der Waals surface area contributed by atoms with Crippen molar-refractivity contribution in [1.82, 2.24) is 0 Å². The van der Waals surface area contributed by atoms with Crippen molar-refractivity contribution in [2.45, 2.75) is 12.3 Å². The molecule has 4 nitrogen and oxygen atoms in total. The molecule has 0 aliphatic carbocycles. The predicted molar refractivity (Wildman–Crippen MR) is 50.6 cm³/mol. The lowest BCUT2D eigenvalue weighted by Gasteiger charge is -2.14. The number of hydrogen-bond donors (Lipinski definition) is 2. The quantitative estimate of drug-likeness (QED) is 0.858. The maximum atomic E-state index is 12.5. The van der Waals surface area contributed by atoms with E-state index in [1.54, 1.807) is 0 Å². The van der Waals surface area contributed by atoms with E-state index in [0.29, 0.717) is 6.07 Å². The van der Waals surface area contributed by atoms with Gasteiger partial charge >= 0.3 is 12.1 Å². The fourth-order valence-electron chi connectivity index (χ4n) is 1.25. The molecule has 1 atom stereocenters. The van der Waals surface area contributed by atoms with Gasteiger partial charge in [0.05, 0.1) is 12.7 Å². The summed E-state index contributed by atoms with van der Waals surface area (Å²) in [6.07, 6.45) is -6.48. The van der Waals surface area contributed by atoms with E-state index < -0.39 is 29.6 Å². The Morgan fingerprint density at radius 3 is 2.41 bits per heavy atom. The third kappa shape index (κ3) is 2.88. The molecule has 0 spiro atoms. The highest BCUT2D eigenvalue weighted by atomic mass is 19.4. The first-order valence-corrected chi connectivity index (χ1v) is 4.43. The van der Waals surface area contributed by atoms with Crippen LogP contribution in [0.15, 0.2) is 18.2 Å². The Morgan fingerprint density at radius 2 is 2.00 bits per heavy atom. The molecule has 0 amide bonds. The second-order valence-electron chi connectivity index (χ2n) is 3.20. The molecule has 1 rings (SSSR count). The molecule has 0 aromatic heterocycles. The number of methoxy groups -OCH3 is 1. The lowest BCUT2D eigenvalue weighted by atomic mass is 10.1. The van der Waals surface area contributed by atoms with E-state index in [0.717, 1.165) is 19.2 Å². The minimum atomic E-state index is -4.60. The van der Waals surface area contributed by atoms with Crippen LogP contribution in [-0.2, 0) is 11.0 Å². The Balaban J connectivity index is 3.22. The van der Waals surface area contributed by atoms with Crippen molar-refractivity contribution >= 4 is 5.97 Å². The Labute approximate surface area is 94.3 Å². The topological polar surface area (TPSA) is 66.8 Å². The zero-order valence-electron chi connectivity index (χ0n) is 8.65. The van der Waals surface area contributed by atoms with Gasteiger partial charge in [-0.2, -0.15) is 13.2 Å². The lowest BCUT2D eigenvalue weighted by molar-refractivity contribution is -0.146. The Kier molecular flexibility index (Phi) is 3.62. The van der Waals surface area contributed by atoms with Gasteiger partial charge in [-0.3, -0.25) is 0 Å². The Hall–Kier alpha value is -1.76. The molecule has 17 heavy (non-hydrogen) atoms. The number of ether oxygens (including phenoxy) is 1. The van der Waals surface area contributed by atoms with Crippen LogP contribution in [-0.4, -0.2) is 23.3 Å². The van der Waals surface area contributed by atoms with Crippen LogP contribution in [0, 0.1) is 0 Å². The largest absolute Gasteiger partial charge is 0.496 e. The average molecular weight is 250 g/mol. The normalized spacial score (nSPS) is 13.2. The molecule has 1 aromatic carbocycles. The number of carboxylic acids is 1. The maximum absolute atomic E-state index is 12.5. The molecule has 0 fully saturated rings. The summed E-state index contributed by atoms with van der Waals surface area (Å²) in [6, 6.07) is 2.41. The standard InChI is InChI=1S/C10H9F3O4/c1-17-7-4-5(8(14)9(15)16)2-3-6(7)10(11,12)13/h2-4,8,14H,1H3,(H,15,16). The zero-order chi connectivity index (χ0) is 13.2. The van der Waals surface area contributed by atoms with E-state index in [2.05, 4.69) is 4.74 Å². The third-order valence-corrected chi connectivity index (χ3v) is 2.08. The van der Waals surface area contributed by atoms with Gasteiger partial charge < -0.3 is 14.9 Å². The van der Waals surface area contributed by atoms with Gasteiger partial charge in [-0.05, 0) is 17.7 Å². The van der Waals surface area contributed by atoms with Crippen molar-refractivity contribution in [2.24, 2.45) is 0 Å². The number of benzene rings is 1. The fourth-order valence-corrected chi connectivity index (χ4v) is 1.25. The van der Waals surface area contributed by atoms with Crippen LogP contribution in [0.2, 0.25) is 0 Å². The monoisotopic (exact) mass is 250 g/mol. The molecule has 2 N–H and O–H groups in total. The molecular weight excluding hydrogens is 241 g/mol. The number of carboxylic acid groups (broad SMARTS) is 1. The van der Waals surface area contributed by atoms with Crippen molar-refractivity contribution in [3.05, 3.63) is 29.3 Å². The van der Waals surface area contributed by atoms with E-state index in [1.165, 1.54) is 0 Å². The van der Waals surface area contributed by atoms with Crippen LogP contribution in [0.5, 0.6) is 5.75 Å². The molecule has 94 valence electrons. The van der Waals surface area contributed by atoms with Gasteiger partial charge in [-0.25, -0.2) is 4.79 Å². The van der Waals surface area contributed by atoms with Gasteiger partial charge in [0.25, 0.3) is 0 Å². The van der Waals surface area contributed by atoms with Gasteiger partial charge in [-0.1, -0.05) is 6.07 Å². The number of halogens is 3. The molecule has 7 heteroatoms. The summed E-state index contributed by atoms with van der Waals surface area (Å²) in [7, 11) is 1.03. The van der Waals surface area contributed by atoms with E-state index >= 15 is 0 Å². The van der Waals surface area contributed by atoms with Gasteiger partial charge in [0, 0.05) is 0 Å². The van der Waals surface area contributed by atoms with E-state index in [4.69, 9.17) is 5.11 Å². The SMILES string of the molecule is COc1cc(C(O)C(=O)O)ccc1C(F)(F)F. The second kappa shape index (κ2) is 4.62. The Bertz CT molecular complexity index is 428. The number of aliphatic hydroxyl groups excluding tert-OH is 1. The van der Waals surface area contributed by atoms with Crippen LogP contribution in [0.25, 0.3) is 0 Å². The summed E-state index contributed by atoms with van der Waals surface area (Å²) in [4.78, 5) is 10.5. The summed E-state index contributed by atoms with van der Waals surface area (Å²) in [5, 5.41) is 17.7. The van der Waals surface area contributed by atoms with Crippen molar-refractivity contribution in [2.75, 3.05) is 7.11 Å². The predicted octanol–water partition coefficient (Wildman–Crippen LogP) is 1.83. The highest BCUT2D eigenvalue weighted by Crippen LogP contribution is 2.37. The lowest BCUT2D eigenvalue weighted by Crippen LogP contribution is -2.12. The molecule has 0 aliphatic rings. The van der Waals surface area contributed by atoms with Gasteiger partial charge in [0.2, 0.25) is 0 Å². The molecular formula is C10H9F3O4. The minimum Gasteiger partial charge on any atom is -0.496 e. The molecule has 0 bridgehead atoms. The summed E-state index contributed by atoms with van der Waals surface area (Å²) < 4.78 is 41.9. The first kappa shape index (κ1) is 13.3. The molecule has 0 aliphatic heterocycles. The minimum absolute atomic E-state index is 0.178. The number of hydrogen-bond acceptors (Lipinski definition) is 3. The van der Waals surface area contributed by atoms with Crippen molar-refractivity contribution in [1.29, 1.82) is 0 Å². The third-order valence-electron chi connectivity index (χ3n) is 2.08.